The molecule has 220 valence electrons. The summed E-state index contributed by atoms with van der Waals surface area (Å²) < 4.78 is 14.4. The summed E-state index contributed by atoms with van der Waals surface area (Å²) in [5.41, 5.74) is 3.81. The van der Waals surface area contributed by atoms with Crippen LogP contribution in [-0.4, -0.2) is 28.5 Å². The second kappa shape index (κ2) is 14.4. The van der Waals surface area contributed by atoms with Gasteiger partial charge in [0.25, 0.3) is 11.8 Å². The highest BCUT2D eigenvalue weighted by Gasteiger charge is 2.16. The second-order valence-electron chi connectivity index (χ2n) is 9.62. The molecule has 4 aromatic carbocycles. The number of hydrogen-bond donors (Lipinski definition) is 3. The van der Waals surface area contributed by atoms with Crippen LogP contribution in [0.5, 0.6) is 0 Å². The van der Waals surface area contributed by atoms with Crippen molar-refractivity contribution in [1.29, 1.82) is 0 Å². The van der Waals surface area contributed by atoms with Crippen molar-refractivity contribution in [3.8, 4) is 11.3 Å². The van der Waals surface area contributed by atoms with Gasteiger partial charge in [0.15, 0.2) is 5.13 Å². The molecule has 0 saturated heterocycles. The number of thiazole rings is 1. The number of thioether (sulfide) groups is 1. The summed E-state index contributed by atoms with van der Waals surface area (Å²) in [4.78, 5) is 43.8. The second-order valence-corrected chi connectivity index (χ2v) is 11.5. The van der Waals surface area contributed by atoms with Crippen molar-refractivity contribution in [2.45, 2.75) is 11.8 Å². The van der Waals surface area contributed by atoms with E-state index in [1.165, 1.54) is 46.9 Å². The van der Waals surface area contributed by atoms with Crippen LogP contribution in [0.25, 0.3) is 17.3 Å². The normalized spacial score (nSPS) is 11.1. The van der Waals surface area contributed by atoms with Crippen LogP contribution >= 0.6 is 23.1 Å². The Balaban J connectivity index is 1.19. The molecule has 5 aromatic rings. The minimum atomic E-state index is -0.620. The van der Waals surface area contributed by atoms with Crippen molar-refractivity contribution < 1.29 is 18.8 Å². The van der Waals surface area contributed by atoms with Gasteiger partial charge in [-0.2, -0.15) is 0 Å². The molecule has 3 N–H and O–H groups in total. The van der Waals surface area contributed by atoms with Crippen molar-refractivity contribution in [2.24, 2.45) is 0 Å². The Morgan fingerprint density at radius 1 is 0.864 bits per heavy atom. The van der Waals surface area contributed by atoms with E-state index in [1.54, 1.807) is 66.7 Å². The molecule has 0 radical (unpaired) electrons. The van der Waals surface area contributed by atoms with Crippen LogP contribution in [0, 0.1) is 12.7 Å². The average molecular weight is 623 g/mol. The molecule has 5 rings (SSSR count). The number of nitrogens with one attached hydrogen (secondary N) is 3. The summed E-state index contributed by atoms with van der Waals surface area (Å²) in [5, 5.41) is 10.6. The molecule has 0 spiro atoms. The van der Waals surface area contributed by atoms with Gasteiger partial charge < -0.3 is 16.0 Å². The Morgan fingerprint density at radius 2 is 1.57 bits per heavy atom. The van der Waals surface area contributed by atoms with Gasteiger partial charge in [0.2, 0.25) is 5.91 Å². The highest BCUT2D eigenvalue weighted by Crippen LogP contribution is 2.26. The van der Waals surface area contributed by atoms with Crippen LogP contribution in [0.3, 0.4) is 0 Å². The molecule has 7 nitrogen and oxygen atoms in total. The highest BCUT2D eigenvalue weighted by atomic mass is 32.2. The van der Waals surface area contributed by atoms with E-state index in [9.17, 15) is 18.8 Å². The zero-order chi connectivity index (χ0) is 30.9. The van der Waals surface area contributed by atoms with Crippen LogP contribution in [0.1, 0.15) is 21.5 Å². The van der Waals surface area contributed by atoms with E-state index in [0.717, 1.165) is 16.2 Å². The van der Waals surface area contributed by atoms with Gasteiger partial charge >= 0.3 is 0 Å². The lowest BCUT2D eigenvalue weighted by Gasteiger charge is -2.12. The van der Waals surface area contributed by atoms with Gasteiger partial charge in [-0.25, -0.2) is 9.37 Å². The first-order valence-electron chi connectivity index (χ1n) is 13.5. The molecule has 0 fully saturated rings. The Morgan fingerprint density at radius 3 is 2.30 bits per heavy atom. The maximum atomic E-state index is 14.4. The van der Waals surface area contributed by atoms with E-state index in [2.05, 4.69) is 20.9 Å². The molecule has 3 amide bonds. The van der Waals surface area contributed by atoms with Crippen LogP contribution in [0.4, 0.5) is 15.2 Å². The lowest BCUT2D eigenvalue weighted by atomic mass is 10.1. The van der Waals surface area contributed by atoms with Crippen LogP contribution < -0.4 is 16.0 Å². The van der Waals surface area contributed by atoms with Crippen LogP contribution in [-0.2, 0) is 9.59 Å². The monoisotopic (exact) mass is 622 g/mol. The van der Waals surface area contributed by atoms with Gasteiger partial charge in [0.1, 0.15) is 11.5 Å². The topological polar surface area (TPSA) is 100 Å². The van der Waals surface area contributed by atoms with Gasteiger partial charge in [-0.15, -0.1) is 23.1 Å². The number of aromatic nitrogens is 1. The number of carbonyl (C=O) groups excluding carboxylic acids is 3. The molecule has 0 aliphatic rings. The first-order valence-corrected chi connectivity index (χ1v) is 15.4. The maximum absolute atomic E-state index is 14.4. The molecule has 0 aliphatic carbocycles. The van der Waals surface area contributed by atoms with Crippen molar-refractivity contribution >= 4 is 57.7 Å². The third-order valence-electron chi connectivity index (χ3n) is 6.31. The van der Waals surface area contributed by atoms with E-state index in [-0.39, 0.29) is 22.9 Å². The van der Waals surface area contributed by atoms with E-state index in [1.807, 2.05) is 36.6 Å². The van der Waals surface area contributed by atoms with Gasteiger partial charge in [-0.1, -0.05) is 66.2 Å². The molecule has 10 heteroatoms. The number of aryl methyl sites for hydroxylation is 1. The zero-order valence-electron chi connectivity index (χ0n) is 23.5. The SMILES string of the molecule is Cc1ccc(-c2csc(NC(=O)CSc3ccc(NC(=O)/C(=C/c4ccccc4F)NC(=O)c4ccccc4)cc3)n2)cc1. The first kappa shape index (κ1) is 30.4. The van der Waals surface area contributed by atoms with E-state index in [0.29, 0.717) is 16.4 Å². The molecule has 0 aliphatic heterocycles. The van der Waals surface area contributed by atoms with Gasteiger partial charge in [-0.3, -0.25) is 14.4 Å². The third kappa shape index (κ3) is 8.27. The smallest absolute Gasteiger partial charge is 0.272 e. The summed E-state index contributed by atoms with van der Waals surface area (Å²) in [6.07, 6.45) is 1.29. The number of rotatable bonds is 10. The molecule has 0 bridgehead atoms. The Hall–Kier alpha value is -5.06. The van der Waals surface area contributed by atoms with Gasteiger partial charge in [0.05, 0.1) is 11.4 Å². The fourth-order valence-electron chi connectivity index (χ4n) is 4.02. The van der Waals surface area contributed by atoms with Crippen LogP contribution in [0.2, 0.25) is 0 Å². The van der Waals surface area contributed by atoms with E-state index >= 15 is 0 Å². The first-order chi connectivity index (χ1) is 21.3. The zero-order valence-corrected chi connectivity index (χ0v) is 25.2. The number of amides is 3. The molecule has 0 saturated carbocycles. The summed E-state index contributed by atoms with van der Waals surface area (Å²) in [7, 11) is 0. The standard InChI is InChI=1S/C34H27FN4O3S2/c1-22-11-13-23(14-12-22)30-20-44-34(38-30)39-31(40)21-43-27-17-15-26(16-18-27)36-33(42)29(19-25-9-5-6-10-28(25)35)37-32(41)24-7-3-2-4-8-24/h2-20H,21H2,1H3,(H,36,42)(H,37,41)(H,38,39,40)/b29-19-. The third-order valence-corrected chi connectivity index (χ3v) is 8.08. The number of nitrogens with zero attached hydrogens (tertiary/aromatic N) is 1. The molecule has 1 heterocycles. The summed E-state index contributed by atoms with van der Waals surface area (Å²) >= 11 is 2.71. The molecule has 44 heavy (non-hydrogen) atoms. The predicted molar refractivity (Wildman–Crippen MR) is 175 cm³/mol. The van der Waals surface area contributed by atoms with Crippen molar-refractivity contribution in [3.63, 3.8) is 0 Å². The summed E-state index contributed by atoms with van der Waals surface area (Å²) in [6.45, 7) is 2.02. The van der Waals surface area contributed by atoms with Crippen molar-refractivity contribution in [2.75, 3.05) is 16.4 Å². The number of halogens is 1. The average Bonchev–Trinajstić information content (AvgIpc) is 3.50. The quantitative estimate of drug-likeness (QED) is 0.111. The molecular weight excluding hydrogens is 596 g/mol. The summed E-state index contributed by atoms with van der Waals surface area (Å²) in [6, 6.07) is 29.3. The molecule has 0 unspecified atom stereocenters. The Labute approximate surface area is 262 Å². The van der Waals surface area contributed by atoms with E-state index in [4.69, 9.17) is 0 Å². The molecular formula is C34H27FN4O3S2. The molecule has 1 aromatic heterocycles. The lowest BCUT2D eigenvalue weighted by Crippen LogP contribution is -2.30. The van der Waals surface area contributed by atoms with Crippen molar-refractivity contribution in [3.05, 3.63) is 137 Å². The fourth-order valence-corrected chi connectivity index (χ4v) is 5.45. The Bertz CT molecular complexity index is 1800. The number of hydrogen-bond acceptors (Lipinski definition) is 6. The maximum Gasteiger partial charge on any atom is 0.272 e. The summed E-state index contributed by atoms with van der Waals surface area (Å²) in [5.74, 6) is -1.66. The lowest BCUT2D eigenvalue weighted by molar-refractivity contribution is -0.114. The van der Waals surface area contributed by atoms with Gasteiger partial charge in [-0.05, 0) is 55.5 Å². The minimum absolute atomic E-state index is 0.119. The molecule has 0 atom stereocenters. The number of anilines is 2. The van der Waals surface area contributed by atoms with E-state index < -0.39 is 17.6 Å². The van der Waals surface area contributed by atoms with Gasteiger partial charge in [0, 0.05) is 32.7 Å². The predicted octanol–water partition coefficient (Wildman–Crippen LogP) is 7.40. The fraction of sp³-hybridized carbons (Fsp3) is 0.0588. The largest absolute Gasteiger partial charge is 0.321 e. The highest BCUT2D eigenvalue weighted by molar-refractivity contribution is 8.00. The number of carbonyl (C=O) groups is 3. The number of benzene rings is 4. The Kier molecular flexibility index (Phi) is 9.96. The minimum Gasteiger partial charge on any atom is -0.321 e. The van der Waals surface area contributed by atoms with Crippen LogP contribution in [0.15, 0.2) is 119 Å². The van der Waals surface area contributed by atoms with Crippen molar-refractivity contribution in [1.82, 2.24) is 10.3 Å².